The molecule has 2 aliphatic rings. The summed E-state index contributed by atoms with van der Waals surface area (Å²) in [6.45, 7) is 9.27. The molecule has 0 radical (unpaired) electrons. The molecule has 11 rings (SSSR count). The zero-order chi connectivity index (χ0) is 37.8. The van der Waals surface area contributed by atoms with E-state index >= 15 is 0 Å². The first-order chi connectivity index (χ1) is 27.3. The topological polar surface area (TPSA) is 52.8 Å². The van der Waals surface area contributed by atoms with Gasteiger partial charge < -0.3 is 9.30 Å². The standard InChI is InChI=1S/C51H38N4O/c1-50(2)38-24-13-11-21-33(38)36-29-37-34-22-12-14-27-42(34)55(44(37)30-41(36)50)43-28-16-26-40-46(43)56-45-35(23-15-25-39(45)51(40,3)4)49-53-47(31-17-7-5-8-18-31)52-48(54-49)32-19-9-6-10-20-32/h5-30H,1-4H3. The molecule has 0 saturated carbocycles. The lowest BCUT2D eigenvalue weighted by Gasteiger charge is -2.36. The van der Waals surface area contributed by atoms with E-state index in [1.54, 1.807) is 0 Å². The van der Waals surface area contributed by atoms with Gasteiger partial charge in [-0.25, -0.2) is 15.0 Å². The highest BCUT2D eigenvalue weighted by Gasteiger charge is 2.39. The van der Waals surface area contributed by atoms with E-state index in [4.69, 9.17) is 19.7 Å². The van der Waals surface area contributed by atoms with Crippen molar-refractivity contribution in [2.45, 2.75) is 38.5 Å². The average molecular weight is 723 g/mol. The summed E-state index contributed by atoms with van der Waals surface area (Å²) in [7, 11) is 0. The Hall–Kier alpha value is -6.85. The molecule has 56 heavy (non-hydrogen) atoms. The summed E-state index contributed by atoms with van der Waals surface area (Å²) < 4.78 is 9.72. The predicted octanol–water partition coefficient (Wildman–Crippen LogP) is 12.7. The van der Waals surface area contributed by atoms with Crippen molar-refractivity contribution in [3.63, 3.8) is 0 Å². The zero-order valence-corrected chi connectivity index (χ0v) is 31.7. The molecule has 0 spiro atoms. The Kier molecular flexibility index (Phi) is 6.88. The van der Waals surface area contributed by atoms with E-state index in [1.807, 2.05) is 60.7 Å². The molecule has 9 aromatic rings. The molecular weight excluding hydrogens is 685 g/mol. The number of para-hydroxylation sites is 3. The third kappa shape index (κ3) is 4.64. The Morgan fingerprint density at radius 3 is 1.70 bits per heavy atom. The first-order valence-electron chi connectivity index (χ1n) is 19.3. The Labute approximate surface area is 326 Å². The second-order valence-electron chi connectivity index (χ2n) is 16.0. The quantitative estimate of drug-likeness (QED) is 0.181. The van der Waals surface area contributed by atoms with Crippen LogP contribution < -0.4 is 4.74 Å². The molecule has 0 atom stereocenters. The number of hydrogen-bond donors (Lipinski definition) is 0. The zero-order valence-electron chi connectivity index (χ0n) is 31.7. The van der Waals surface area contributed by atoms with Crippen molar-refractivity contribution >= 4 is 21.8 Å². The maximum atomic E-state index is 7.31. The number of ether oxygens (including phenoxy) is 1. The maximum Gasteiger partial charge on any atom is 0.167 e. The number of nitrogens with zero attached hydrogens (tertiary/aromatic N) is 4. The van der Waals surface area contributed by atoms with Gasteiger partial charge >= 0.3 is 0 Å². The first kappa shape index (κ1) is 32.6. The highest BCUT2D eigenvalue weighted by atomic mass is 16.5. The van der Waals surface area contributed by atoms with Crippen molar-refractivity contribution in [2.24, 2.45) is 0 Å². The van der Waals surface area contributed by atoms with Crippen molar-refractivity contribution in [1.82, 2.24) is 19.5 Å². The van der Waals surface area contributed by atoms with Gasteiger partial charge in [-0.15, -0.1) is 0 Å². The minimum atomic E-state index is -0.393. The molecule has 0 bridgehead atoms. The lowest BCUT2D eigenvalue weighted by atomic mass is 9.75. The lowest BCUT2D eigenvalue weighted by molar-refractivity contribution is 0.418. The fourth-order valence-electron chi connectivity index (χ4n) is 9.21. The fourth-order valence-corrected chi connectivity index (χ4v) is 9.21. The van der Waals surface area contributed by atoms with E-state index < -0.39 is 5.41 Å². The average Bonchev–Trinajstić information content (AvgIpc) is 3.68. The third-order valence-corrected chi connectivity index (χ3v) is 12.1. The summed E-state index contributed by atoms with van der Waals surface area (Å²) in [5.74, 6) is 3.40. The smallest absolute Gasteiger partial charge is 0.167 e. The Balaban J connectivity index is 1.14. The second kappa shape index (κ2) is 11.8. The molecule has 2 aromatic heterocycles. The Morgan fingerprint density at radius 2 is 0.964 bits per heavy atom. The summed E-state index contributed by atoms with van der Waals surface area (Å²) in [6.07, 6.45) is 0. The maximum absolute atomic E-state index is 7.31. The van der Waals surface area contributed by atoms with Gasteiger partial charge in [0.25, 0.3) is 0 Å². The van der Waals surface area contributed by atoms with Crippen LogP contribution in [0.1, 0.15) is 49.9 Å². The third-order valence-electron chi connectivity index (χ3n) is 12.1. The van der Waals surface area contributed by atoms with Gasteiger partial charge in [-0.05, 0) is 52.6 Å². The van der Waals surface area contributed by atoms with Crippen LogP contribution in [0.4, 0.5) is 0 Å². The van der Waals surface area contributed by atoms with Crippen LogP contribution in [0.5, 0.6) is 11.5 Å². The highest BCUT2D eigenvalue weighted by molar-refractivity contribution is 6.12. The molecule has 1 aliphatic heterocycles. The summed E-state index contributed by atoms with van der Waals surface area (Å²) >= 11 is 0. The van der Waals surface area contributed by atoms with E-state index in [9.17, 15) is 0 Å². The first-order valence-corrected chi connectivity index (χ1v) is 19.3. The van der Waals surface area contributed by atoms with Gasteiger partial charge in [0.05, 0.1) is 22.3 Å². The molecule has 0 fully saturated rings. The van der Waals surface area contributed by atoms with Gasteiger partial charge in [-0.3, -0.25) is 0 Å². The summed E-state index contributed by atoms with van der Waals surface area (Å²) in [5.41, 5.74) is 13.0. The SMILES string of the molecule is CC1(C)c2ccccc2-c2cc3c4ccccc4n(-c4cccc5c4Oc4c(-c6nc(-c7ccccc7)nc(-c7ccccc7)n6)cccc4C5(C)C)c3cc21. The minimum Gasteiger partial charge on any atom is -0.454 e. The molecule has 5 nitrogen and oxygen atoms in total. The molecular formula is C51H38N4O. The van der Waals surface area contributed by atoms with Crippen LogP contribution in [-0.4, -0.2) is 19.5 Å². The molecule has 0 amide bonds. The number of aromatic nitrogens is 4. The molecule has 0 saturated heterocycles. The normalized spacial score (nSPS) is 14.5. The number of fused-ring (bicyclic) bond motifs is 8. The molecule has 1 aliphatic carbocycles. The molecule has 5 heteroatoms. The van der Waals surface area contributed by atoms with Crippen molar-refractivity contribution in [2.75, 3.05) is 0 Å². The monoisotopic (exact) mass is 722 g/mol. The van der Waals surface area contributed by atoms with Crippen molar-refractivity contribution in [3.05, 3.63) is 180 Å². The van der Waals surface area contributed by atoms with Crippen LogP contribution >= 0.6 is 0 Å². The van der Waals surface area contributed by atoms with E-state index in [1.165, 1.54) is 33.0 Å². The van der Waals surface area contributed by atoms with Crippen molar-refractivity contribution in [3.8, 4) is 62.5 Å². The Bertz CT molecular complexity index is 2990. The van der Waals surface area contributed by atoms with Gasteiger partial charge in [0, 0.05) is 43.9 Å². The van der Waals surface area contributed by atoms with E-state index in [0.29, 0.717) is 17.5 Å². The number of hydrogen-bond acceptors (Lipinski definition) is 4. The van der Waals surface area contributed by atoms with Crippen LogP contribution in [0, 0.1) is 0 Å². The minimum absolute atomic E-state index is 0.133. The predicted molar refractivity (Wildman–Crippen MR) is 227 cm³/mol. The van der Waals surface area contributed by atoms with E-state index in [-0.39, 0.29) is 5.41 Å². The lowest BCUT2D eigenvalue weighted by Crippen LogP contribution is -2.25. The fraction of sp³-hybridized carbons (Fsp3) is 0.118. The molecule has 0 N–H and O–H groups in total. The molecule has 268 valence electrons. The summed E-state index contributed by atoms with van der Waals surface area (Å²) in [6, 6.07) is 55.6. The van der Waals surface area contributed by atoms with Gasteiger partial charge in [-0.2, -0.15) is 0 Å². The van der Waals surface area contributed by atoms with Crippen LogP contribution in [0.25, 0.3) is 72.8 Å². The molecule has 3 heterocycles. The summed E-state index contributed by atoms with van der Waals surface area (Å²) in [4.78, 5) is 15.2. The highest BCUT2D eigenvalue weighted by Crippen LogP contribution is 2.55. The van der Waals surface area contributed by atoms with Crippen LogP contribution in [-0.2, 0) is 10.8 Å². The van der Waals surface area contributed by atoms with Crippen LogP contribution in [0.2, 0.25) is 0 Å². The van der Waals surface area contributed by atoms with Gasteiger partial charge in [0.2, 0.25) is 0 Å². The Morgan fingerprint density at radius 1 is 0.411 bits per heavy atom. The van der Waals surface area contributed by atoms with E-state index in [0.717, 1.165) is 56.0 Å². The molecule has 0 unspecified atom stereocenters. The number of benzene rings is 7. The summed E-state index contributed by atoms with van der Waals surface area (Å²) in [5, 5.41) is 2.45. The van der Waals surface area contributed by atoms with Crippen molar-refractivity contribution in [1.29, 1.82) is 0 Å². The number of rotatable bonds is 4. The largest absolute Gasteiger partial charge is 0.454 e. The van der Waals surface area contributed by atoms with Crippen LogP contribution in [0.15, 0.2) is 158 Å². The second-order valence-corrected chi connectivity index (χ2v) is 16.0. The van der Waals surface area contributed by atoms with Gasteiger partial charge in [-0.1, -0.05) is 155 Å². The van der Waals surface area contributed by atoms with E-state index in [2.05, 4.69) is 129 Å². The van der Waals surface area contributed by atoms with Gasteiger partial charge in [0.1, 0.15) is 5.75 Å². The molecule has 7 aromatic carbocycles. The van der Waals surface area contributed by atoms with Crippen molar-refractivity contribution < 1.29 is 4.74 Å². The van der Waals surface area contributed by atoms with Crippen LogP contribution in [0.3, 0.4) is 0 Å². The van der Waals surface area contributed by atoms with Gasteiger partial charge in [0.15, 0.2) is 23.2 Å².